The Kier molecular flexibility index (Phi) is 3.50. The van der Waals surface area contributed by atoms with Gasteiger partial charge in [0, 0.05) is 24.3 Å². The lowest BCUT2D eigenvalue weighted by Gasteiger charge is -2.08. The lowest BCUT2D eigenvalue weighted by molar-refractivity contribution is 0.365. The van der Waals surface area contributed by atoms with Crippen molar-refractivity contribution in [3.05, 3.63) is 30.1 Å². The van der Waals surface area contributed by atoms with Crippen LogP contribution in [0.4, 0.5) is 5.69 Å². The van der Waals surface area contributed by atoms with Crippen molar-refractivity contribution in [3.8, 4) is 17.2 Å². The standard InChI is InChI=1S/C13H17N3O3/c1-8(2)16-7-10(6-15-16)14-5-9-3-4-11(17)13(19)12(9)18/h3-4,6-8,14,17-19H,5H2,1-2H3. The van der Waals surface area contributed by atoms with Gasteiger partial charge >= 0.3 is 0 Å². The Bertz CT molecular complexity index is 579. The van der Waals surface area contributed by atoms with Crippen LogP contribution in [0.1, 0.15) is 25.5 Å². The Labute approximate surface area is 110 Å². The highest BCUT2D eigenvalue weighted by Crippen LogP contribution is 2.37. The van der Waals surface area contributed by atoms with Gasteiger partial charge in [-0.15, -0.1) is 0 Å². The van der Waals surface area contributed by atoms with Crippen molar-refractivity contribution in [2.45, 2.75) is 26.4 Å². The molecule has 102 valence electrons. The van der Waals surface area contributed by atoms with E-state index < -0.39 is 5.75 Å². The fourth-order valence-electron chi connectivity index (χ4n) is 1.66. The Hall–Kier alpha value is -2.37. The zero-order chi connectivity index (χ0) is 14.0. The van der Waals surface area contributed by atoms with Gasteiger partial charge in [0.2, 0.25) is 5.75 Å². The molecule has 0 unspecified atom stereocenters. The van der Waals surface area contributed by atoms with Crippen LogP contribution in [0.5, 0.6) is 17.2 Å². The fourth-order valence-corrected chi connectivity index (χ4v) is 1.66. The van der Waals surface area contributed by atoms with Crippen molar-refractivity contribution in [3.63, 3.8) is 0 Å². The molecule has 0 amide bonds. The number of phenols is 3. The number of hydrogen-bond acceptors (Lipinski definition) is 5. The monoisotopic (exact) mass is 263 g/mol. The molecule has 2 aromatic rings. The first-order valence-corrected chi connectivity index (χ1v) is 6.00. The van der Waals surface area contributed by atoms with E-state index in [2.05, 4.69) is 10.4 Å². The Morgan fingerprint density at radius 3 is 2.58 bits per heavy atom. The first-order chi connectivity index (χ1) is 8.99. The predicted octanol–water partition coefficient (Wildman–Crippen LogP) is 2.19. The summed E-state index contributed by atoms with van der Waals surface area (Å²) in [6.45, 7) is 4.38. The van der Waals surface area contributed by atoms with E-state index in [1.54, 1.807) is 12.3 Å². The number of anilines is 1. The van der Waals surface area contributed by atoms with Gasteiger partial charge in [0.05, 0.1) is 11.9 Å². The van der Waals surface area contributed by atoms with Crippen LogP contribution in [-0.2, 0) is 6.54 Å². The molecule has 1 aromatic carbocycles. The molecule has 6 nitrogen and oxygen atoms in total. The van der Waals surface area contributed by atoms with Gasteiger partial charge in [-0.3, -0.25) is 4.68 Å². The van der Waals surface area contributed by atoms with Crippen molar-refractivity contribution in [1.82, 2.24) is 9.78 Å². The second-order valence-electron chi connectivity index (χ2n) is 4.60. The maximum Gasteiger partial charge on any atom is 0.200 e. The summed E-state index contributed by atoms with van der Waals surface area (Å²) < 4.78 is 1.82. The number of hydrogen-bond donors (Lipinski definition) is 4. The first-order valence-electron chi connectivity index (χ1n) is 6.00. The summed E-state index contributed by atoms with van der Waals surface area (Å²) in [5.74, 6) is -1.16. The molecule has 0 aliphatic heterocycles. The molecule has 4 N–H and O–H groups in total. The summed E-state index contributed by atoms with van der Waals surface area (Å²) in [5.41, 5.74) is 1.31. The number of nitrogens with one attached hydrogen (secondary N) is 1. The van der Waals surface area contributed by atoms with Gasteiger partial charge in [-0.25, -0.2) is 0 Å². The van der Waals surface area contributed by atoms with E-state index in [-0.39, 0.29) is 17.5 Å². The number of aromatic hydroxyl groups is 3. The van der Waals surface area contributed by atoms with E-state index in [1.165, 1.54) is 6.07 Å². The molecule has 0 aliphatic rings. The summed E-state index contributed by atoms with van der Waals surface area (Å²) in [6.07, 6.45) is 3.55. The van der Waals surface area contributed by atoms with E-state index in [0.717, 1.165) is 5.69 Å². The highest BCUT2D eigenvalue weighted by molar-refractivity contribution is 5.54. The third kappa shape index (κ3) is 2.73. The van der Waals surface area contributed by atoms with Gasteiger partial charge in [0.25, 0.3) is 0 Å². The van der Waals surface area contributed by atoms with Crippen molar-refractivity contribution < 1.29 is 15.3 Å². The average Bonchev–Trinajstić information content (AvgIpc) is 2.84. The molecule has 0 fully saturated rings. The second-order valence-corrected chi connectivity index (χ2v) is 4.60. The molecular weight excluding hydrogens is 246 g/mol. The summed E-state index contributed by atoms with van der Waals surface area (Å²) in [5, 5.41) is 35.6. The number of benzene rings is 1. The van der Waals surface area contributed by atoms with Crippen LogP contribution in [0.25, 0.3) is 0 Å². The Balaban J connectivity index is 2.08. The van der Waals surface area contributed by atoms with E-state index in [9.17, 15) is 15.3 Å². The molecule has 6 heteroatoms. The number of phenolic OH excluding ortho intramolecular Hbond substituents is 3. The molecule has 19 heavy (non-hydrogen) atoms. The number of nitrogens with zero attached hydrogens (tertiary/aromatic N) is 2. The largest absolute Gasteiger partial charge is 0.504 e. The molecule has 0 bridgehead atoms. The van der Waals surface area contributed by atoms with Crippen LogP contribution >= 0.6 is 0 Å². The van der Waals surface area contributed by atoms with Crippen molar-refractivity contribution in [1.29, 1.82) is 0 Å². The summed E-state index contributed by atoms with van der Waals surface area (Å²) in [4.78, 5) is 0. The lowest BCUT2D eigenvalue weighted by Crippen LogP contribution is -2.01. The van der Waals surface area contributed by atoms with Crippen molar-refractivity contribution in [2.75, 3.05) is 5.32 Å². The maximum absolute atomic E-state index is 9.68. The molecule has 2 rings (SSSR count). The van der Waals surface area contributed by atoms with Gasteiger partial charge in [0.1, 0.15) is 0 Å². The Morgan fingerprint density at radius 2 is 1.95 bits per heavy atom. The molecule has 0 saturated carbocycles. The third-order valence-electron chi connectivity index (χ3n) is 2.83. The van der Waals surface area contributed by atoms with Crippen LogP contribution in [-0.4, -0.2) is 25.1 Å². The zero-order valence-electron chi connectivity index (χ0n) is 10.8. The Morgan fingerprint density at radius 1 is 1.21 bits per heavy atom. The molecular formula is C13H17N3O3. The SMILES string of the molecule is CC(C)n1cc(NCc2ccc(O)c(O)c2O)cn1. The van der Waals surface area contributed by atoms with Gasteiger partial charge < -0.3 is 20.6 Å². The van der Waals surface area contributed by atoms with Crippen LogP contribution < -0.4 is 5.32 Å². The fraction of sp³-hybridized carbons (Fsp3) is 0.308. The van der Waals surface area contributed by atoms with Crippen LogP contribution in [0.15, 0.2) is 24.5 Å². The summed E-state index contributed by atoms with van der Waals surface area (Å²) in [7, 11) is 0. The van der Waals surface area contributed by atoms with E-state index >= 15 is 0 Å². The van der Waals surface area contributed by atoms with Gasteiger partial charge in [-0.1, -0.05) is 0 Å². The van der Waals surface area contributed by atoms with Gasteiger partial charge in [-0.2, -0.15) is 5.10 Å². The minimum atomic E-state index is -0.503. The molecule has 0 saturated heterocycles. The normalized spacial score (nSPS) is 10.9. The van der Waals surface area contributed by atoms with Crippen molar-refractivity contribution >= 4 is 5.69 Å². The van der Waals surface area contributed by atoms with Crippen molar-refractivity contribution in [2.24, 2.45) is 0 Å². The molecule has 1 aromatic heterocycles. The minimum Gasteiger partial charge on any atom is -0.504 e. The quantitative estimate of drug-likeness (QED) is 0.635. The first kappa shape index (κ1) is 13.1. The average molecular weight is 263 g/mol. The van der Waals surface area contributed by atoms with E-state index in [4.69, 9.17) is 0 Å². The molecule has 0 aliphatic carbocycles. The highest BCUT2D eigenvalue weighted by atomic mass is 16.3. The number of aromatic nitrogens is 2. The summed E-state index contributed by atoms with van der Waals surface area (Å²) in [6, 6.07) is 3.16. The van der Waals surface area contributed by atoms with E-state index in [1.807, 2.05) is 24.7 Å². The molecule has 0 radical (unpaired) electrons. The van der Waals surface area contributed by atoms with Crippen LogP contribution in [0, 0.1) is 0 Å². The van der Waals surface area contributed by atoms with E-state index in [0.29, 0.717) is 12.1 Å². The van der Waals surface area contributed by atoms with Crippen LogP contribution in [0.3, 0.4) is 0 Å². The minimum absolute atomic E-state index is 0.279. The highest BCUT2D eigenvalue weighted by Gasteiger charge is 2.11. The topological polar surface area (TPSA) is 90.5 Å². The van der Waals surface area contributed by atoms with Gasteiger partial charge in [0.15, 0.2) is 11.5 Å². The molecule has 0 spiro atoms. The molecule has 1 heterocycles. The zero-order valence-corrected chi connectivity index (χ0v) is 10.8. The number of rotatable bonds is 4. The van der Waals surface area contributed by atoms with Gasteiger partial charge in [-0.05, 0) is 26.0 Å². The lowest BCUT2D eigenvalue weighted by atomic mass is 10.1. The molecule has 0 atom stereocenters. The predicted molar refractivity (Wildman–Crippen MR) is 71.4 cm³/mol. The third-order valence-corrected chi connectivity index (χ3v) is 2.83. The van der Waals surface area contributed by atoms with Crippen LogP contribution in [0.2, 0.25) is 0 Å². The summed E-state index contributed by atoms with van der Waals surface area (Å²) >= 11 is 0. The second kappa shape index (κ2) is 5.09. The maximum atomic E-state index is 9.68. The smallest absolute Gasteiger partial charge is 0.200 e.